The average Bonchev–Trinajstić information content (AvgIpc) is 2.63. The van der Waals surface area contributed by atoms with Crippen molar-refractivity contribution in [3.63, 3.8) is 0 Å². The van der Waals surface area contributed by atoms with Crippen molar-refractivity contribution in [2.75, 3.05) is 7.11 Å². The second-order valence-corrected chi connectivity index (χ2v) is 3.38. The fourth-order valence-corrected chi connectivity index (χ4v) is 1.67. The lowest BCUT2D eigenvalue weighted by Crippen LogP contribution is -2.01. The van der Waals surface area contributed by atoms with Crippen LogP contribution in [0.15, 0.2) is 22.6 Å². The zero-order valence-corrected chi connectivity index (χ0v) is 9.03. The number of hydrogen-bond acceptors (Lipinski definition) is 3. The Bertz CT molecular complexity index is 599. The summed E-state index contributed by atoms with van der Waals surface area (Å²) in [5.74, 6) is 2.65. The molecule has 80 valence electrons. The fourth-order valence-electron chi connectivity index (χ4n) is 1.67. The highest BCUT2D eigenvalue weighted by atomic mass is 16.5. The number of aryl methyl sites for hydroxylation is 1. The van der Waals surface area contributed by atoms with Crippen LogP contribution < -0.4 is 0 Å². The molecule has 1 aromatic carbocycles. The van der Waals surface area contributed by atoms with Gasteiger partial charge >= 0.3 is 5.97 Å². The Hall–Kier alpha value is -2.21. The summed E-state index contributed by atoms with van der Waals surface area (Å²) in [6.07, 6.45) is 5.31. The lowest BCUT2D eigenvalue weighted by atomic mass is 10.1. The number of carbonyl (C=O) groups excluding carboxylic acids is 1. The Labute approximate surface area is 93.0 Å². The molecule has 3 heteroatoms. The van der Waals surface area contributed by atoms with Gasteiger partial charge in [0, 0.05) is 10.9 Å². The number of esters is 1. The molecule has 3 nitrogen and oxygen atoms in total. The Kier molecular flexibility index (Phi) is 2.41. The topological polar surface area (TPSA) is 39.4 Å². The molecule has 0 aliphatic rings. The van der Waals surface area contributed by atoms with Crippen molar-refractivity contribution in [1.29, 1.82) is 0 Å². The van der Waals surface area contributed by atoms with Crippen LogP contribution in [0.25, 0.3) is 11.0 Å². The molecule has 2 rings (SSSR count). The predicted molar refractivity (Wildman–Crippen MR) is 60.2 cm³/mol. The predicted octanol–water partition coefficient (Wildman–Crippen LogP) is 2.51. The number of hydrogen-bond donors (Lipinski definition) is 0. The molecule has 0 amide bonds. The van der Waals surface area contributed by atoms with Gasteiger partial charge in [0.05, 0.1) is 7.11 Å². The average molecular weight is 214 g/mol. The molecule has 0 aliphatic heterocycles. The second-order valence-electron chi connectivity index (χ2n) is 3.38. The van der Waals surface area contributed by atoms with Gasteiger partial charge in [0.25, 0.3) is 0 Å². The quantitative estimate of drug-likeness (QED) is 0.541. The summed E-state index contributed by atoms with van der Waals surface area (Å²) < 4.78 is 10.2. The van der Waals surface area contributed by atoms with E-state index in [0.717, 1.165) is 0 Å². The Morgan fingerprint density at radius 2 is 2.25 bits per heavy atom. The molecule has 0 N–H and O–H groups in total. The molecular formula is C13H10O3. The molecule has 0 unspecified atom stereocenters. The van der Waals surface area contributed by atoms with Crippen LogP contribution in [0.1, 0.15) is 21.7 Å². The van der Waals surface area contributed by atoms with E-state index in [1.54, 1.807) is 25.1 Å². The van der Waals surface area contributed by atoms with Crippen LogP contribution in [0.3, 0.4) is 0 Å². The van der Waals surface area contributed by atoms with E-state index in [9.17, 15) is 4.79 Å². The number of benzene rings is 1. The summed E-state index contributed by atoms with van der Waals surface area (Å²) in [7, 11) is 1.34. The maximum absolute atomic E-state index is 11.6. The lowest BCUT2D eigenvalue weighted by Gasteiger charge is -1.97. The molecule has 0 aliphatic carbocycles. The highest BCUT2D eigenvalue weighted by Gasteiger charge is 2.18. The molecular weight excluding hydrogens is 204 g/mol. The van der Waals surface area contributed by atoms with Crippen molar-refractivity contribution >= 4 is 16.9 Å². The van der Waals surface area contributed by atoms with Crippen LogP contribution in [-0.2, 0) is 4.74 Å². The Balaban J connectivity index is 2.77. The summed E-state index contributed by atoms with van der Waals surface area (Å²) in [6, 6.07) is 5.27. The van der Waals surface area contributed by atoms with Crippen LogP contribution in [0.2, 0.25) is 0 Å². The standard InChI is InChI=1S/C13H10O3/c1-4-9-5-6-11-10(7-9)12(8(2)16-11)13(14)15-3/h1,5-7H,2-3H3. The van der Waals surface area contributed by atoms with Gasteiger partial charge in [-0.05, 0) is 25.1 Å². The van der Waals surface area contributed by atoms with Crippen LogP contribution >= 0.6 is 0 Å². The van der Waals surface area contributed by atoms with Crippen molar-refractivity contribution < 1.29 is 13.9 Å². The molecule has 0 atom stereocenters. The molecule has 1 aromatic heterocycles. The summed E-state index contributed by atoms with van der Waals surface area (Å²) in [6.45, 7) is 1.72. The number of carbonyl (C=O) groups is 1. The van der Waals surface area contributed by atoms with Crippen molar-refractivity contribution in [1.82, 2.24) is 0 Å². The van der Waals surface area contributed by atoms with Crippen molar-refractivity contribution in [2.45, 2.75) is 6.92 Å². The van der Waals surface area contributed by atoms with E-state index in [1.165, 1.54) is 7.11 Å². The van der Waals surface area contributed by atoms with Crippen molar-refractivity contribution in [2.24, 2.45) is 0 Å². The van der Waals surface area contributed by atoms with E-state index in [0.29, 0.717) is 27.9 Å². The first-order valence-electron chi connectivity index (χ1n) is 4.75. The number of rotatable bonds is 1. The highest BCUT2D eigenvalue weighted by Crippen LogP contribution is 2.26. The van der Waals surface area contributed by atoms with Gasteiger partial charge in [0.2, 0.25) is 0 Å². The van der Waals surface area contributed by atoms with Crippen LogP contribution in [-0.4, -0.2) is 13.1 Å². The SMILES string of the molecule is C#Cc1ccc2oc(C)c(C(=O)OC)c2c1. The van der Waals surface area contributed by atoms with Crippen LogP contribution in [0.5, 0.6) is 0 Å². The van der Waals surface area contributed by atoms with E-state index in [2.05, 4.69) is 5.92 Å². The van der Waals surface area contributed by atoms with E-state index >= 15 is 0 Å². The first kappa shape index (κ1) is 10.3. The van der Waals surface area contributed by atoms with Gasteiger partial charge in [-0.2, -0.15) is 0 Å². The minimum atomic E-state index is -0.412. The number of fused-ring (bicyclic) bond motifs is 1. The van der Waals surface area contributed by atoms with E-state index < -0.39 is 5.97 Å². The minimum absolute atomic E-state index is 0.412. The molecule has 0 spiro atoms. The maximum Gasteiger partial charge on any atom is 0.342 e. The molecule has 0 bridgehead atoms. The third-order valence-electron chi connectivity index (χ3n) is 2.42. The third-order valence-corrected chi connectivity index (χ3v) is 2.42. The maximum atomic E-state index is 11.6. The monoisotopic (exact) mass is 214 g/mol. The number of terminal acetylenes is 1. The fraction of sp³-hybridized carbons (Fsp3) is 0.154. The molecule has 1 heterocycles. The number of ether oxygens (including phenoxy) is 1. The second kappa shape index (κ2) is 3.74. The first-order valence-corrected chi connectivity index (χ1v) is 4.75. The van der Waals surface area contributed by atoms with Crippen molar-refractivity contribution in [3.8, 4) is 12.3 Å². The minimum Gasteiger partial charge on any atom is -0.465 e. The van der Waals surface area contributed by atoms with E-state index in [4.69, 9.17) is 15.6 Å². The van der Waals surface area contributed by atoms with Gasteiger partial charge in [-0.15, -0.1) is 6.42 Å². The highest BCUT2D eigenvalue weighted by molar-refractivity contribution is 6.04. The van der Waals surface area contributed by atoms with E-state index in [-0.39, 0.29) is 0 Å². The van der Waals surface area contributed by atoms with Gasteiger partial charge in [0.1, 0.15) is 16.9 Å². The summed E-state index contributed by atoms with van der Waals surface area (Å²) in [5.41, 5.74) is 1.78. The number of methoxy groups -OCH3 is 1. The van der Waals surface area contributed by atoms with Gasteiger partial charge in [-0.3, -0.25) is 0 Å². The summed E-state index contributed by atoms with van der Waals surface area (Å²) in [5, 5.41) is 0.694. The molecule has 0 fully saturated rings. The number of furan rings is 1. The summed E-state index contributed by atoms with van der Waals surface area (Å²) >= 11 is 0. The largest absolute Gasteiger partial charge is 0.465 e. The van der Waals surface area contributed by atoms with Crippen LogP contribution in [0.4, 0.5) is 0 Å². The van der Waals surface area contributed by atoms with Gasteiger partial charge in [0.15, 0.2) is 0 Å². The molecule has 0 saturated carbocycles. The van der Waals surface area contributed by atoms with Gasteiger partial charge < -0.3 is 9.15 Å². The molecule has 16 heavy (non-hydrogen) atoms. The zero-order chi connectivity index (χ0) is 11.7. The lowest BCUT2D eigenvalue weighted by molar-refractivity contribution is 0.0601. The molecule has 2 aromatic rings. The Morgan fingerprint density at radius 1 is 1.50 bits per heavy atom. The van der Waals surface area contributed by atoms with Crippen molar-refractivity contribution in [3.05, 3.63) is 35.1 Å². The third kappa shape index (κ3) is 1.45. The molecule has 0 saturated heterocycles. The van der Waals surface area contributed by atoms with Gasteiger partial charge in [-0.1, -0.05) is 5.92 Å². The first-order chi connectivity index (χ1) is 7.67. The molecule has 0 radical (unpaired) electrons. The Morgan fingerprint density at radius 3 is 2.88 bits per heavy atom. The van der Waals surface area contributed by atoms with Gasteiger partial charge in [-0.25, -0.2) is 4.79 Å². The normalized spacial score (nSPS) is 10.1. The van der Waals surface area contributed by atoms with E-state index in [1.807, 2.05) is 0 Å². The smallest absolute Gasteiger partial charge is 0.342 e. The zero-order valence-electron chi connectivity index (χ0n) is 9.03. The van der Waals surface area contributed by atoms with Crippen LogP contribution in [0, 0.1) is 19.3 Å². The summed E-state index contributed by atoms with van der Waals surface area (Å²) in [4.78, 5) is 11.6.